The molecule has 0 bridgehead atoms. The van der Waals surface area contributed by atoms with Crippen LogP contribution in [-0.4, -0.2) is 11.3 Å². The molecule has 76 valence electrons. The minimum Gasteiger partial charge on any atom is -0.491 e. The van der Waals surface area contributed by atoms with Crippen LogP contribution in [0, 0.1) is 0 Å². The number of hydrogen-bond acceptors (Lipinski definition) is 2. The van der Waals surface area contributed by atoms with Crippen LogP contribution in [0.5, 0.6) is 5.75 Å². The van der Waals surface area contributed by atoms with Crippen molar-refractivity contribution in [3.63, 3.8) is 0 Å². The van der Waals surface area contributed by atoms with Gasteiger partial charge in [-0.2, -0.15) is 0 Å². The van der Waals surface area contributed by atoms with Crippen molar-refractivity contribution in [2.75, 3.05) is 0 Å². The van der Waals surface area contributed by atoms with E-state index in [4.69, 9.17) is 16.3 Å². The van der Waals surface area contributed by atoms with Gasteiger partial charge in [0.15, 0.2) is 0 Å². The Kier molecular flexibility index (Phi) is 3.96. The molecule has 0 aliphatic carbocycles. The highest BCUT2D eigenvalue weighted by atomic mass is 35.5. The first-order valence-electron chi connectivity index (χ1n) is 4.60. The highest BCUT2D eigenvalue weighted by molar-refractivity contribution is 6.67. The van der Waals surface area contributed by atoms with E-state index in [9.17, 15) is 4.79 Å². The normalized spacial score (nSPS) is 12.2. The van der Waals surface area contributed by atoms with Gasteiger partial charge in [-0.25, -0.2) is 0 Å². The van der Waals surface area contributed by atoms with Gasteiger partial charge in [0.1, 0.15) is 5.75 Å². The van der Waals surface area contributed by atoms with Gasteiger partial charge in [-0.15, -0.1) is 0 Å². The lowest BCUT2D eigenvalue weighted by Crippen LogP contribution is -2.09. The molecular weight excluding hydrogens is 200 g/mol. The predicted octanol–water partition coefficient (Wildman–Crippen LogP) is 3.24. The Morgan fingerprint density at radius 3 is 2.86 bits per heavy atom. The van der Waals surface area contributed by atoms with E-state index in [2.05, 4.69) is 0 Å². The third kappa shape index (κ3) is 3.04. The number of benzene rings is 1. The maximum atomic E-state index is 10.9. The van der Waals surface area contributed by atoms with Crippen LogP contribution < -0.4 is 4.74 Å². The summed E-state index contributed by atoms with van der Waals surface area (Å²) >= 11 is 5.35. The minimum atomic E-state index is -0.459. The van der Waals surface area contributed by atoms with Crippen molar-refractivity contribution in [2.24, 2.45) is 0 Å². The lowest BCUT2D eigenvalue weighted by Gasteiger charge is -2.12. The first-order valence-corrected chi connectivity index (χ1v) is 4.97. The summed E-state index contributed by atoms with van der Waals surface area (Å²) in [6.07, 6.45) is 1.08. The van der Waals surface area contributed by atoms with Gasteiger partial charge in [0.2, 0.25) is 0 Å². The topological polar surface area (TPSA) is 26.3 Å². The largest absolute Gasteiger partial charge is 0.491 e. The molecule has 1 aromatic rings. The van der Waals surface area contributed by atoms with E-state index in [0.29, 0.717) is 11.3 Å². The molecule has 1 aromatic carbocycles. The van der Waals surface area contributed by atoms with Gasteiger partial charge >= 0.3 is 0 Å². The van der Waals surface area contributed by atoms with E-state index >= 15 is 0 Å². The van der Waals surface area contributed by atoms with Crippen molar-refractivity contribution < 1.29 is 9.53 Å². The molecule has 2 nitrogen and oxygen atoms in total. The van der Waals surface area contributed by atoms with Crippen LogP contribution in [0.1, 0.15) is 30.6 Å². The monoisotopic (exact) mass is 212 g/mol. The number of rotatable bonds is 4. The minimum absolute atomic E-state index is 0.149. The maximum Gasteiger partial charge on any atom is 0.252 e. The molecule has 0 aliphatic heterocycles. The summed E-state index contributed by atoms with van der Waals surface area (Å²) in [4.78, 5) is 10.9. The molecule has 0 saturated heterocycles. The molecule has 14 heavy (non-hydrogen) atoms. The fourth-order valence-corrected chi connectivity index (χ4v) is 1.12. The SMILES string of the molecule is CC[C@H](C)Oc1cccc(C(=O)Cl)c1. The van der Waals surface area contributed by atoms with Crippen LogP contribution in [0.15, 0.2) is 24.3 Å². The highest BCUT2D eigenvalue weighted by Gasteiger charge is 2.05. The summed E-state index contributed by atoms with van der Waals surface area (Å²) in [5.41, 5.74) is 0.465. The molecule has 1 rings (SSSR count). The average molecular weight is 213 g/mol. The molecule has 0 saturated carbocycles. The van der Waals surface area contributed by atoms with E-state index in [1.807, 2.05) is 19.9 Å². The van der Waals surface area contributed by atoms with Crippen LogP contribution in [0.2, 0.25) is 0 Å². The number of carbonyl (C=O) groups excluding carboxylic acids is 1. The molecule has 0 amide bonds. The molecule has 3 heteroatoms. The van der Waals surface area contributed by atoms with Gasteiger partial charge in [0.05, 0.1) is 6.10 Å². The molecule has 0 aliphatic rings. The van der Waals surface area contributed by atoms with E-state index in [1.54, 1.807) is 18.2 Å². The predicted molar refractivity (Wildman–Crippen MR) is 57.0 cm³/mol. The summed E-state index contributed by atoms with van der Waals surface area (Å²) in [5.74, 6) is 0.686. The van der Waals surface area contributed by atoms with Gasteiger partial charge in [0.25, 0.3) is 5.24 Å². The van der Waals surface area contributed by atoms with Crippen LogP contribution >= 0.6 is 11.6 Å². The van der Waals surface area contributed by atoms with Gasteiger partial charge in [-0.05, 0) is 43.1 Å². The van der Waals surface area contributed by atoms with E-state index in [1.165, 1.54) is 0 Å². The van der Waals surface area contributed by atoms with E-state index < -0.39 is 5.24 Å². The number of carbonyl (C=O) groups is 1. The molecule has 0 heterocycles. The third-order valence-electron chi connectivity index (χ3n) is 1.97. The molecular formula is C11H13ClO2. The van der Waals surface area contributed by atoms with Gasteiger partial charge in [0, 0.05) is 5.56 Å². The molecule has 0 spiro atoms. The van der Waals surface area contributed by atoms with E-state index in [-0.39, 0.29) is 6.10 Å². The Labute approximate surface area is 88.8 Å². The average Bonchev–Trinajstić information content (AvgIpc) is 2.18. The van der Waals surface area contributed by atoms with Crippen molar-refractivity contribution in [1.29, 1.82) is 0 Å². The standard InChI is InChI=1S/C11H13ClO2/c1-3-8(2)14-10-6-4-5-9(7-10)11(12)13/h4-8H,3H2,1-2H3/t8-/m0/s1. The van der Waals surface area contributed by atoms with E-state index in [0.717, 1.165) is 6.42 Å². The van der Waals surface area contributed by atoms with Crippen molar-refractivity contribution in [1.82, 2.24) is 0 Å². The van der Waals surface area contributed by atoms with Gasteiger partial charge in [-0.1, -0.05) is 13.0 Å². The highest BCUT2D eigenvalue weighted by Crippen LogP contribution is 2.16. The Hall–Kier alpha value is -1.02. The zero-order valence-electron chi connectivity index (χ0n) is 8.29. The van der Waals surface area contributed by atoms with Gasteiger partial charge < -0.3 is 4.74 Å². The fourth-order valence-electron chi connectivity index (χ4n) is 1.01. The lowest BCUT2D eigenvalue weighted by atomic mass is 10.2. The summed E-state index contributed by atoms with van der Waals surface area (Å²) in [7, 11) is 0. The second kappa shape index (κ2) is 5.01. The summed E-state index contributed by atoms with van der Waals surface area (Å²) < 4.78 is 5.54. The maximum absolute atomic E-state index is 10.9. The van der Waals surface area contributed by atoms with Gasteiger partial charge in [-0.3, -0.25) is 4.79 Å². The molecule has 0 radical (unpaired) electrons. The van der Waals surface area contributed by atoms with Crippen molar-refractivity contribution in [3.8, 4) is 5.75 Å². The number of ether oxygens (including phenoxy) is 1. The molecule has 1 atom stereocenters. The fraction of sp³-hybridized carbons (Fsp3) is 0.364. The third-order valence-corrected chi connectivity index (χ3v) is 2.19. The quantitative estimate of drug-likeness (QED) is 0.717. The van der Waals surface area contributed by atoms with Crippen molar-refractivity contribution in [3.05, 3.63) is 29.8 Å². The molecule has 0 N–H and O–H groups in total. The molecule has 0 fully saturated rings. The first-order chi connectivity index (χ1) is 6.63. The zero-order chi connectivity index (χ0) is 10.6. The van der Waals surface area contributed by atoms with Crippen molar-refractivity contribution >= 4 is 16.8 Å². The zero-order valence-corrected chi connectivity index (χ0v) is 9.04. The Morgan fingerprint density at radius 1 is 1.57 bits per heavy atom. The molecule has 0 aromatic heterocycles. The summed E-state index contributed by atoms with van der Waals surface area (Å²) in [6.45, 7) is 4.02. The van der Waals surface area contributed by atoms with Crippen LogP contribution in [0.3, 0.4) is 0 Å². The first kappa shape index (κ1) is 11.1. The lowest BCUT2D eigenvalue weighted by molar-refractivity contribution is 0.108. The number of hydrogen-bond donors (Lipinski definition) is 0. The van der Waals surface area contributed by atoms with Crippen LogP contribution in [0.4, 0.5) is 0 Å². The second-order valence-corrected chi connectivity index (χ2v) is 3.48. The summed E-state index contributed by atoms with van der Waals surface area (Å²) in [5, 5.41) is -0.459. The van der Waals surface area contributed by atoms with Crippen molar-refractivity contribution in [2.45, 2.75) is 26.4 Å². The van der Waals surface area contributed by atoms with Crippen LogP contribution in [0.25, 0.3) is 0 Å². The smallest absolute Gasteiger partial charge is 0.252 e. The second-order valence-electron chi connectivity index (χ2n) is 3.14. The Balaban J connectivity index is 2.78. The summed E-state index contributed by atoms with van der Waals surface area (Å²) in [6, 6.07) is 6.89. The Morgan fingerprint density at radius 2 is 2.29 bits per heavy atom. The Bertz CT molecular complexity index is 323. The van der Waals surface area contributed by atoms with Crippen LogP contribution in [-0.2, 0) is 0 Å². The number of halogens is 1. The molecule has 0 unspecified atom stereocenters.